The smallest absolute Gasteiger partial charge is 0.146 e. The number of nitrogens with zero attached hydrogens (tertiary/aromatic N) is 4. The van der Waals surface area contributed by atoms with Gasteiger partial charge in [0.05, 0.1) is 17.3 Å². The van der Waals surface area contributed by atoms with Crippen LogP contribution in [0.4, 0.5) is 21.6 Å². The van der Waals surface area contributed by atoms with E-state index in [0.717, 1.165) is 42.4 Å². The molecule has 1 fully saturated rings. The first-order valence-electron chi connectivity index (χ1n) is 10.8. The van der Waals surface area contributed by atoms with Crippen molar-refractivity contribution < 1.29 is 9.13 Å². The van der Waals surface area contributed by atoms with Gasteiger partial charge >= 0.3 is 0 Å². The molecule has 7 nitrogen and oxygen atoms in total. The number of anilines is 3. The van der Waals surface area contributed by atoms with Gasteiger partial charge in [0.25, 0.3) is 0 Å². The number of nitrogens with two attached hydrogens (primary N) is 1. The topological polar surface area (TPSA) is 100 Å². The fourth-order valence-electron chi connectivity index (χ4n) is 4.04. The van der Waals surface area contributed by atoms with Crippen molar-refractivity contribution in [3.05, 3.63) is 48.0 Å². The van der Waals surface area contributed by atoms with E-state index in [-0.39, 0.29) is 11.9 Å². The van der Waals surface area contributed by atoms with Crippen LogP contribution in [0.1, 0.15) is 24.8 Å². The lowest BCUT2D eigenvalue weighted by molar-refractivity contribution is 0.0902. The van der Waals surface area contributed by atoms with Gasteiger partial charge in [-0.1, -0.05) is 0 Å². The Bertz CT molecular complexity index is 1140. The number of aryl methyl sites for hydroxylation is 1. The number of hydrogen-bond acceptors (Lipinski definition) is 8. The highest BCUT2D eigenvalue weighted by atomic mass is 32.1. The number of ether oxygens (including phenoxy) is 1. The molecular weight excluding hydrogens is 439 g/mol. The molecule has 1 atom stereocenters. The van der Waals surface area contributed by atoms with Crippen molar-refractivity contribution in [2.45, 2.75) is 32.3 Å². The molecule has 1 aliphatic rings. The van der Waals surface area contributed by atoms with Crippen LogP contribution in [0.15, 0.2) is 36.7 Å². The molecule has 9 heteroatoms. The van der Waals surface area contributed by atoms with Crippen molar-refractivity contribution in [1.29, 1.82) is 5.26 Å². The van der Waals surface area contributed by atoms with Crippen LogP contribution in [0.3, 0.4) is 0 Å². The summed E-state index contributed by atoms with van der Waals surface area (Å²) in [5, 5.41) is 13.0. The molecule has 4 rings (SSSR count). The van der Waals surface area contributed by atoms with Crippen LogP contribution < -0.4 is 15.8 Å². The lowest BCUT2D eigenvalue weighted by Crippen LogP contribution is -2.41. The second-order valence-electron chi connectivity index (χ2n) is 7.81. The molecule has 174 valence electrons. The van der Waals surface area contributed by atoms with E-state index < -0.39 is 0 Å². The Morgan fingerprint density at radius 3 is 2.91 bits per heavy atom. The van der Waals surface area contributed by atoms with Gasteiger partial charge in [-0.15, -0.1) is 0 Å². The van der Waals surface area contributed by atoms with Crippen LogP contribution in [-0.4, -0.2) is 46.9 Å². The Morgan fingerprint density at radius 1 is 1.30 bits per heavy atom. The van der Waals surface area contributed by atoms with Crippen LogP contribution in [-0.2, 0) is 0 Å². The van der Waals surface area contributed by atoms with Crippen molar-refractivity contribution in [2.24, 2.45) is 0 Å². The minimum Gasteiger partial charge on any atom is -0.487 e. The summed E-state index contributed by atoms with van der Waals surface area (Å²) in [6, 6.07) is 10.3. The second kappa shape index (κ2) is 11.7. The van der Waals surface area contributed by atoms with Crippen LogP contribution in [0.2, 0.25) is 0 Å². The number of piperidine rings is 1. The lowest BCUT2D eigenvalue weighted by atomic mass is 10.1. The third-order valence-electron chi connectivity index (χ3n) is 5.45. The number of benzene rings is 2. The maximum Gasteiger partial charge on any atom is 0.146 e. The molecule has 1 aliphatic heterocycles. The van der Waals surface area contributed by atoms with Gasteiger partial charge in [0, 0.05) is 36.7 Å². The molecule has 1 saturated heterocycles. The highest BCUT2D eigenvalue weighted by molar-refractivity contribution is 7.79. The molecule has 0 saturated carbocycles. The van der Waals surface area contributed by atoms with Gasteiger partial charge in [-0.3, -0.25) is 4.90 Å². The maximum absolute atomic E-state index is 14.1. The monoisotopic (exact) mass is 468 g/mol. The molecule has 33 heavy (non-hydrogen) atoms. The summed E-state index contributed by atoms with van der Waals surface area (Å²) in [6.45, 7) is 4.34. The van der Waals surface area contributed by atoms with Crippen LogP contribution in [0.5, 0.6) is 5.75 Å². The van der Waals surface area contributed by atoms with E-state index in [1.165, 1.54) is 18.5 Å². The number of thiol groups is 1. The number of fused-ring (bicyclic) bond motifs is 1. The molecule has 0 spiro atoms. The molecule has 0 radical (unpaired) electrons. The molecule has 2 heterocycles. The fourth-order valence-corrected chi connectivity index (χ4v) is 4.04. The van der Waals surface area contributed by atoms with Crippen molar-refractivity contribution in [3.8, 4) is 11.8 Å². The summed E-state index contributed by atoms with van der Waals surface area (Å²) in [5.41, 5.74) is 8.90. The zero-order valence-electron chi connectivity index (χ0n) is 18.9. The number of rotatable bonds is 6. The predicted octanol–water partition coefficient (Wildman–Crippen LogP) is 4.71. The minimum atomic E-state index is -0.366. The first-order chi connectivity index (χ1) is 16.0. The summed E-state index contributed by atoms with van der Waals surface area (Å²) in [6.07, 6.45) is 5.45. The molecule has 3 aromatic rings. The maximum atomic E-state index is 14.1. The number of halogens is 1. The zero-order valence-corrected chi connectivity index (χ0v) is 19.8. The molecule has 0 bridgehead atoms. The number of nitrogen functional groups attached to an aromatic ring is 1. The van der Waals surface area contributed by atoms with Crippen molar-refractivity contribution in [1.82, 2.24) is 14.9 Å². The Labute approximate surface area is 199 Å². The number of nitriles is 1. The molecule has 0 amide bonds. The van der Waals surface area contributed by atoms with E-state index in [0.29, 0.717) is 35.9 Å². The third-order valence-corrected chi connectivity index (χ3v) is 5.45. The quantitative estimate of drug-likeness (QED) is 0.356. The summed E-state index contributed by atoms with van der Waals surface area (Å²) in [5.74, 6) is 0.680. The van der Waals surface area contributed by atoms with Gasteiger partial charge in [0.15, 0.2) is 0 Å². The normalized spacial score (nSPS) is 15.9. The van der Waals surface area contributed by atoms with Crippen molar-refractivity contribution in [2.75, 3.05) is 36.9 Å². The highest BCUT2D eigenvalue weighted by Gasteiger charge is 2.22. The lowest BCUT2D eigenvalue weighted by Gasteiger charge is -2.32. The largest absolute Gasteiger partial charge is 0.487 e. The van der Waals surface area contributed by atoms with Gasteiger partial charge < -0.3 is 15.8 Å². The van der Waals surface area contributed by atoms with E-state index >= 15 is 0 Å². The molecule has 2 aromatic carbocycles. The zero-order chi connectivity index (χ0) is 23.8. The SMILES string of the molecule is CS.Cc1cc(N)cc2ncnc(Nc3ccc(F)cc3OC3CCCN(CCC#N)C3)c12. The van der Waals surface area contributed by atoms with Gasteiger partial charge in [-0.25, -0.2) is 14.4 Å². The van der Waals surface area contributed by atoms with Crippen LogP contribution in [0, 0.1) is 24.1 Å². The minimum absolute atomic E-state index is 0.0709. The Morgan fingerprint density at radius 2 is 2.12 bits per heavy atom. The molecule has 1 aromatic heterocycles. The van der Waals surface area contributed by atoms with Gasteiger partial charge in [-0.05, 0) is 62.4 Å². The molecule has 3 N–H and O–H groups in total. The van der Waals surface area contributed by atoms with E-state index in [1.807, 2.05) is 13.0 Å². The first kappa shape index (κ1) is 24.6. The number of aromatic nitrogens is 2. The van der Waals surface area contributed by atoms with Gasteiger partial charge in [0.1, 0.15) is 29.8 Å². The molecular formula is C24H29FN6OS. The Kier molecular flexibility index (Phi) is 8.69. The van der Waals surface area contributed by atoms with Crippen molar-refractivity contribution >= 4 is 40.7 Å². The van der Waals surface area contributed by atoms with E-state index in [1.54, 1.807) is 18.4 Å². The Balaban J connectivity index is 0.00000149. The average Bonchev–Trinajstić information content (AvgIpc) is 2.81. The van der Waals surface area contributed by atoms with E-state index in [4.69, 9.17) is 15.7 Å². The number of nitrogens with one attached hydrogen (secondary N) is 1. The molecule has 0 aliphatic carbocycles. The summed E-state index contributed by atoms with van der Waals surface area (Å²) < 4.78 is 20.3. The van der Waals surface area contributed by atoms with E-state index in [9.17, 15) is 4.39 Å². The average molecular weight is 469 g/mol. The first-order valence-corrected chi connectivity index (χ1v) is 11.7. The van der Waals surface area contributed by atoms with Crippen LogP contribution in [0.25, 0.3) is 10.9 Å². The Hall–Kier alpha value is -3.09. The number of likely N-dealkylation sites (tertiary alicyclic amines) is 1. The molecule has 1 unspecified atom stereocenters. The summed E-state index contributed by atoms with van der Waals surface area (Å²) in [4.78, 5) is 10.9. The number of hydrogen-bond donors (Lipinski definition) is 3. The van der Waals surface area contributed by atoms with Gasteiger partial charge in [0.2, 0.25) is 0 Å². The summed E-state index contributed by atoms with van der Waals surface area (Å²) >= 11 is 3.53. The fraction of sp³-hybridized carbons (Fsp3) is 0.375. The third kappa shape index (κ3) is 6.24. The second-order valence-corrected chi connectivity index (χ2v) is 7.81. The summed E-state index contributed by atoms with van der Waals surface area (Å²) in [7, 11) is 0. The van der Waals surface area contributed by atoms with Gasteiger partial charge in [-0.2, -0.15) is 17.9 Å². The highest BCUT2D eigenvalue weighted by Crippen LogP contribution is 2.33. The van der Waals surface area contributed by atoms with Crippen molar-refractivity contribution in [3.63, 3.8) is 0 Å². The van der Waals surface area contributed by atoms with Crippen LogP contribution >= 0.6 is 12.6 Å². The van der Waals surface area contributed by atoms with E-state index in [2.05, 4.69) is 38.9 Å². The predicted molar refractivity (Wildman–Crippen MR) is 134 cm³/mol. The standard InChI is InChI=1S/C23H25FN6O.CH4S/c1-15-10-17(26)12-20-22(15)23(28-14-27-20)29-19-6-5-16(24)11-21(19)31-18-4-2-8-30(13-18)9-3-7-25;1-2/h5-6,10-12,14,18H,2-4,8-9,13,26H2,1H3,(H,27,28,29);2H,1H3.